The maximum atomic E-state index is 13.3. The quantitative estimate of drug-likeness (QED) is 0.107. The van der Waals surface area contributed by atoms with Gasteiger partial charge in [-0.2, -0.15) is 17.6 Å². The smallest absolute Gasteiger partial charge is 0.387 e. The number of hydrogen-bond acceptors (Lipinski definition) is 12. The number of aliphatic hydroxyl groups is 2. The predicted octanol–water partition coefficient (Wildman–Crippen LogP) is 10.0. The van der Waals surface area contributed by atoms with Gasteiger partial charge in [0.25, 0.3) is 0 Å². The van der Waals surface area contributed by atoms with E-state index in [4.69, 9.17) is 19.4 Å². The van der Waals surface area contributed by atoms with E-state index in [1.165, 1.54) is 0 Å². The molecule has 8 aromatic rings. The number of aromatic nitrogens is 8. The lowest BCUT2D eigenvalue weighted by Crippen LogP contribution is -2.24. The molecular formula is C52H50F4N10O4. The number of hydrogen-bond donors (Lipinski definition) is 4. The van der Waals surface area contributed by atoms with E-state index in [2.05, 4.69) is 39.7 Å². The van der Waals surface area contributed by atoms with Crippen LogP contribution in [0.15, 0.2) is 97.6 Å². The number of nitrogens with one attached hydrogen (secondary N) is 2. The Balaban J connectivity index is 0.000000152. The summed E-state index contributed by atoms with van der Waals surface area (Å²) in [4.78, 5) is 27.1. The van der Waals surface area contributed by atoms with Crippen molar-refractivity contribution in [1.82, 2.24) is 49.7 Å². The van der Waals surface area contributed by atoms with Gasteiger partial charge in [0, 0.05) is 59.1 Å². The summed E-state index contributed by atoms with van der Waals surface area (Å²) in [5.41, 5.74) is 8.11. The van der Waals surface area contributed by atoms with Crippen molar-refractivity contribution in [3.8, 4) is 33.8 Å². The van der Waals surface area contributed by atoms with Crippen LogP contribution in [0.4, 0.5) is 17.6 Å². The maximum Gasteiger partial charge on any atom is 0.387 e. The zero-order valence-electron chi connectivity index (χ0n) is 39.1. The number of imidazole rings is 2. The number of rotatable bonds is 8. The molecule has 0 radical (unpaired) electrons. The molecule has 0 saturated heterocycles. The number of halogens is 4. The first kappa shape index (κ1) is 45.6. The highest BCUT2D eigenvalue weighted by Crippen LogP contribution is 2.51. The summed E-state index contributed by atoms with van der Waals surface area (Å²) in [7, 11) is 0. The molecule has 18 heteroatoms. The van der Waals surface area contributed by atoms with E-state index in [0.29, 0.717) is 24.5 Å². The van der Waals surface area contributed by atoms with E-state index in [1.807, 2.05) is 62.4 Å². The lowest BCUT2D eigenvalue weighted by atomic mass is 9.95. The third-order valence-electron chi connectivity index (χ3n) is 13.8. The molecule has 0 saturated carbocycles. The Morgan fingerprint density at radius 3 is 1.31 bits per heavy atom. The minimum atomic E-state index is -2.90. The third-order valence-corrected chi connectivity index (χ3v) is 13.8. The molecule has 4 N–H and O–H groups in total. The second-order valence-corrected chi connectivity index (χ2v) is 19.5. The van der Waals surface area contributed by atoms with E-state index in [9.17, 15) is 27.8 Å². The van der Waals surface area contributed by atoms with Crippen molar-refractivity contribution in [2.75, 3.05) is 0 Å². The van der Waals surface area contributed by atoms with Gasteiger partial charge in [-0.05, 0) is 113 Å². The minimum absolute atomic E-state index is 0.00736. The minimum Gasteiger partial charge on any atom is -0.434 e. The lowest BCUT2D eigenvalue weighted by Gasteiger charge is -2.25. The Kier molecular flexibility index (Phi) is 11.0. The highest BCUT2D eigenvalue weighted by Gasteiger charge is 2.43. The second-order valence-electron chi connectivity index (χ2n) is 19.5. The molecule has 4 aromatic heterocycles. The van der Waals surface area contributed by atoms with Gasteiger partial charge in [0.15, 0.2) is 11.6 Å². The summed E-state index contributed by atoms with van der Waals surface area (Å²) in [6, 6.07) is 22.1. The molecule has 70 heavy (non-hydrogen) atoms. The number of alkyl halides is 4. The molecule has 4 bridgehead atoms. The normalized spacial score (nSPS) is 21.2. The van der Waals surface area contributed by atoms with Crippen molar-refractivity contribution >= 4 is 22.1 Å². The van der Waals surface area contributed by atoms with Crippen LogP contribution in [-0.4, -0.2) is 62.5 Å². The van der Waals surface area contributed by atoms with Crippen LogP contribution in [0.2, 0.25) is 0 Å². The first-order valence-electron chi connectivity index (χ1n) is 23.2. The van der Waals surface area contributed by atoms with Crippen LogP contribution >= 0.6 is 0 Å². The Labute approximate surface area is 399 Å². The van der Waals surface area contributed by atoms with Gasteiger partial charge >= 0.3 is 13.2 Å². The third kappa shape index (κ3) is 7.92. The van der Waals surface area contributed by atoms with Crippen molar-refractivity contribution < 1.29 is 37.2 Å². The monoisotopic (exact) mass is 954 g/mol. The van der Waals surface area contributed by atoms with Crippen LogP contribution in [0.1, 0.15) is 136 Å². The largest absolute Gasteiger partial charge is 0.434 e. The zero-order chi connectivity index (χ0) is 49.0. The molecule has 12 rings (SSSR count). The fourth-order valence-corrected chi connectivity index (χ4v) is 10.7. The van der Waals surface area contributed by atoms with Gasteiger partial charge < -0.3 is 39.5 Å². The van der Waals surface area contributed by atoms with Crippen LogP contribution in [0.3, 0.4) is 0 Å². The summed E-state index contributed by atoms with van der Waals surface area (Å²) in [6.45, 7) is 4.84. The van der Waals surface area contributed by atoms with Crippen LogP contribution in [-0.2, 0) is 11.2 Å². The molecular weight excluding hydrogens is 905 g/mol. The molecule has 0 fully saturated rings. The highest BCUT2D eigenvalue weighted by molar-refractivity contribution is 5.84. The van der Waals surface area contributed by atoms with Crippen LogP contribution in [0, 0.1) is 0 Å². The predicted molar refractivity (Wildman–Crippen MR) is 252 cm³/mol. The van der Waals surface area contributed by atoms with Crippen molar-refractivity contribution in [2.24, 2.45) is 0 Å². The van der Waals surface area contributed by atoms with Gasteiger partial charge in [0.2, 0.25) is 0 Å². The fourth-order valence-electron chi connectivity index (χ4n) is 10.7. The molecule has 8 heterocycles. The van der Waals surface area contributed by atoms with Crippen molar-refractivity contribution in [2.45, 2.75) is 115 Å². The number of ether oxygens (including phenoxy) is 2. The number of nitrogens with zero attached hydrogens (tertiary/aromatic N) is 8. The van der Waals surface area contributed by atoms with Crippen molar-refractivity contribution in [3.63, 3.8) is 0 Å². The molecule has 0 amide bonds. The average molecular weight is 955 g/mol. The first-order valence-corrected chi connectivity index (χ1v) is 23.2. The maximum absolute atomic E-state index is 13.3. The van der Waals surface area contributed by atoms with Gasteiger partial charge in [0.05, 0.1) is 46.2 Å². The van der Waals surface area contributed by atoms with Crippen LogP contribution in [0.25, 0.3) is 44.3 Å². The SMILES string of the molecule is C[C@@H]1N[C@@H]2C[C@H](c3c(OC(F)F)cccc31)n1c2nc2ccc(-c3cnc(C(C)(C)O)nc3)cc21.C[C@H]1N[C@@H]2C[C@H](c3c(OC(F)F)cccc31)n1c2nc2ccc(-c3cnc(C(C)(C)O)nc3)cc21. The average Bonchev–Trinajstić information content (AvgIpc) is 4.02. The second kappa shape index (κ2) is 16.9. The molecule has 6 atom stereocenters. The van der Waals surface area contributed by atoms with E-state index in [1.54, 1.807) is 76.7 Å². The van der Waals surface area contributed by atoms with Gasteiger partial charge in [-0.25, -0.2) is 29.9 Å². The topological polar surface area (TPSA) is 170 Å². The summed E-state index contributed by atoms with van der Waals surface area (Å²) < 4.78 is 67.3. The Morgan fingerprint density at radius 1 is 0.571 bits per heavy atom. The Bertz CT molecular complexity index is 3080. The summed E-state index contributed by atoms with van der Waals surface area (Å²) in [6.07, 6.45) is 8.18. The highest BCUT2D eigenvalue weighted by atomic mass is 19.3. The van der Waals surface area contributed by atoms with E-state index >= 15 is 0 Å². The molecule has 14 nitrogen and oxygen atoms in total. The molecule has 4 aliphatic rings. The molecule has 0 spiro atoms. The molecule has 4 aliphatic heterocycles. The molecule has 0 aliphatic carbocycles. The van der Waals surface area contributed by atoms with E-state index < -0.39 is 24.4 Å². The lowest BCUT2D eigenvalue weighted by molar-refractivity contribution is -0.0514. The first-order chi connectivity index (χ1) is 33.4. The van der Waals surface area contributed by atoms with Crippen molar-refractivity contribution in [3.05, 3.63) is 143 Å². The Morgan fingerprint density at radius 2 is 0.957 bits per heavy atom. The zero-order valence-corrected chi connectivity index (χ0v) is 39.1. The summed E-state index contributed by atoms with van der Waals surface area (Å²) >= 11 is 0. The number of fused-ring (bicyclic) bond motifs is 18. The molecule has 4 aromatic carbocycles. The van der Waals surface area contributed by atoms with Gasteiger partial charge in [-0.15, -0.1) is 0 Å². The van der Waals surface area contributed by atoms with Crippen LogP contribution < -0.4 is 20.1 Å². The fraction of sp³-hybridized carbons (Fsp3) is 0.346. The Hall–Kier alpha value is -6.86. The van der Waals surface area contributed by atoms with E-state index in [-0.39, 0.29) is 47.8 Å². The molecule has 360 valence electrons. The molecule has 0 unspecified atom stereocenters. The van der Waals surface area contributed by atoms with Gasteiger partial charge in [-0.1, -0.05) is 36.4 Å². The number of benzene rings is 4. The van der Waals surface area contributed by atoms with E-state index in [0.717, 1.165) is 78.2 Å². The van der Waals surface area contributed by atoms with Gasteiger partial charge in [0.1, 0.15) is 34.3 Å². The van der Waals surface area contributed by atoms with Gasteiger partial charge in [-0.3, -0.25) is 0 Å². The standard InChI is InChI=1S/2C26H25F2N5O2/c2*1-13-16-5-4-6-21(35-25(27)28)22(16)20-10-18(31-13)23-32-17-8-7-14(9-19(17)33(20)23)15-11-29-24(30-12-15)26(2,3)34/h2*4-9,11-13,18,20,25,31,34H,10H2,1-3H3/t13-,18+,20+;13-,18-,20-/m01/s1. The van der Waals surface area contributed by atoms with Crippen LogP contribution in [0.5, 0.6) is 11.5 Å². The summed E-state index contributed by atoms with van der Waals surface area (Å²) in [5.74, 6) is 2.89. The summed E-state index contributed by atoms with van der Waals surface area (Å²) in [5, 5.41) is 27.6. The van der Waals surface area contributed by atoms with Crippen molar-refractivity contribution in [1.29, 1.82) is 0 Å².